The van der Waals surface area contributed by atoms with Crippen LogP contribution < -0.4 is 5.32 Å². The van der Waals surface area contributed by atoms with Gasteiger partial charge in [-0.2, -0.15) is 0 Å². The maximum Gasteiger partial charge on any atom is 0.220 e. The Morgan fingerprint density at radius 1 is 0.688 bits per heavy atom. The van der Waals surface area contributed by atoms with E-state index in [1.165, 1.54) is 77.0 Å². The zero-order valence-electron chi connectivity index (χ0n) is 30.2. The molecule has 280 valence electrons. The van der Waals surface area contributed by atoms with Gasteiger partial charge in [-0.05, 0) is 44.9 Å². The lowest BCUT2D eigenvalue weighted by Gasteiger charge is -2.40. The van der Waals surface area contributed by atoms with Crippen LogP contribution in [0.5, 0.6) is 0 Å². The number of allylic oxidation sites excluding steroid dienone is 5. The number of rotatable bonds is 30. The number of carbonyl (C=O) groups excluding carboxylic acids is 1. The summed E-state index contributed by atoms with van der Waals surface area (Å²) in [6.07, 6.45) is 28.3. The number of carbonyl (C=O) groups is 1. The first-order valence-corrected chi connectivity index (χ1v) is 19.2. The second-order valence-corrected chi connectivity index (χ2v) is 13.4. The molecule has 7 atom stereocenters. The van der Waals surface area contributed by atoms with Gasteiger partial charge in [0, 0.05) is 6.42 Å². The zero-order chi connectivity index (χ0) is 35.2. The Kier molecular flexibility index (Phi) is 28.0. The largest absolute Gasteiger partial charge is 0.394 e. The summed E-state index contributed by atoms with van der Waals surface area (Å²) >= 11 is 0. The molecule has 1 fully saturated rings. The molecule has 0 spiro atoms. The van der Waals surface area contributed by atoms with E-state index >= 15 is 0 Å². The number of nitrogens with one attached hydrogen (secondary N) is 1. The van der Waals surface area contributed by atoms with Gasteiger partial charge in [0.25, 0.3) is 0 Å². The molecule has 1 saturated heterocycles. The van der Waals surface area contributed by atoms with Crippen molar-refractivity contribution in [3.63, 3.8) is 0 Å². The first kappa shape index (κ1) is 44.4. The van der Waals surface area contributed by atoms with Crippen LogP contribution >= 0.6 is 0 Å². The normalized spacial score (nSPS) is 23.0. The smallest absolute Gasteiger partial charge is 0.220 e. The van der Waals surface area contributed by atoms with Gasteiger partial charge in [0.05, 0.1) is 25.4 Å². The summed E-state index contributed by atoms with van der Waals surface area (Å²) in [7, 11) is 0. The monoisotopic (exact) mass is 682 g/mol. The molecule has 9 heteroatoms. The summed E-state index contributed by atoms with van der Waals surface area (Å²) in [4.78, 5) is 12.6. The van der Waals surface area contributed by atoms with E-state index in [-0.39, 0.29) is 12.5 Å². The average Bonchev–Trinajstić information content (AvgIpc) is 3.08. The van der Waals surface area contributed by atoms with Gasteiger partial charge in [0.2, 0.25) is 5.91 Å². The number of amides is 1. The zero-order valence-corrected chi connectivity index (χ0v) is 30.2. The quantitative estimate of drug-likeness (QED) is 0.0370. The predicted octanol–water partition coefficient (Wildman–Crippen LogP) is 6.55. The van der Waals surface area contributed by atoms with Crippen LogP contribution in [0.25, 0.3) is 0 Å². The van der Waals surface area contributed by atoms with Crippen LogP contribution in [0.3, 0.4) is 0 Å². The summed E-state index contributed by atoms with van der Waals surface area (Å²) in [6.45, 7) is 3.59. The molecule has 0 aromatic heterocycles. The lowest BCUT2D eigenvalue weighted by molar-refractivity contribution is -0.302. The lowest BCUT2D eigenvalue weighted by atomic mass is 9.99. The van der Waals surface area contributed by atoms with Crippen LogP contribution in [-0.4, -0.2) is 87.5 Å². The Balaban J connectivity index is 2.33. The van der Waals surface area contributed by atoms with Crippen LogP contribution in [-0.2, 0) is 14.3 Å². The maximum atomic E-state index is 12.6. The van der Waals surface area contributed by atoms with E-state index in [2.05, 4.69) is 43.5 Å². The highest BCUT2D eigenvalue weighted by Crippen LogP contribution is 2.22. The van der Waals surface area contributed by atoms with Gasteiger partial charge in [-0.25, -0.2) is 0 Å². The van der Waals surface area contributed by atoms with Crippen molar-refractivity contribution in [1.29, 1.82) is 0 Å². The minimum Gasteiger partial charge on any atom is -0.394 e. The van der Waals surface area contributed by atoms with E-state index in [0.29, 0.717) is 6.42 Å². The Morgan fingerprint density at radius 3 is 1.75 bits per heavy atom. The molecular weight excluding hydrogens is 610 g/mol. The Morgan fingerprint density at radius 2 is 1.19 bits per heavy atom. The fraction of sp³-hybridized carbons (Fsp3) is 0.821. The molecule has 1 aliphatic rings. The molecule has 0 radical (unpaired) electrons. The molecule has 1 rings (SSSR count). The van der Waals surface area contributed by atoms with Crippen LogP contribution in [0, 0.1) is 0 Å². The molecule has 0 aromatic rings. The third kappa shape index (κ3) is 21.5. The standard InChI is InChI=1S/C39H71NO8/c1-3-5-7-9-10-11-12-13-14-15-16-17-18-19-20-21-22-23-24-25-26-28-33(42)32(40-35(43)29-27-8-6-4-2)31-47-39-38(46)37(45)36(44)34(30-41)48-39/h18-19,22-23,26,28,32-34,36-39,41-42,44-46H,3-17,20-21,24-25,27,29-31H2,1-2H3,(H,40,43)/b19-18+,23-22+,28-26+. The van der Waals surface area contributed by atoms with Gasteiger partial charge in [0.15, 0.2) is 6.29 Å². The van der Waals surface area contributed by atoms with E-state index in [0.717, 1.165) is 51.4 Å². The molecular formula is C39H71NO8. The number of ether oxygens (including phenoxy) is 2. The number of hydrogen-bond donors (Lipinski definition) is 6. The fourth-order valence-electron chi connectivity index (χ4n) is 5.77. The van der Waals surface area contributed by atoms with Gasteiger partial charge in [-0.15, -0.1) is 0 Å². The Labute approximate surface area is 291 Å². The molecule has 9 nitrogen and oxygen atoms in total. The van der Waals surface area contributed by atoms with E-state index in [9.17, 15) is 30.3 Å². The highest BCUT2D eigenvalue weighted by atomic mass is 16.7. The number of hydrogen-bond acceptors (Lipinski definition) is 8. The van der Waals surface area contributed by atoms with Crippen molar-refractivity contribution in [1.82, 2.24) is 5.32 Å². The van der Waals surface area contributed by atoms with E-state index in [1.807, 2.05) is 6.08 Å². The average molecular weight is 682 g/mol. The van der Waals surface area contributed by atoms with E-state index in [1.54, 1.807) is 6.08 Å². The fourth-order valence-corrected chi connectivity index (χ4v) is 5.77. The second kappa shape index (κ2) is 30.3. The van der Waals surface area contributed by atoms with Gasteiger partial charge >= 0.3 is 0 Å². The number of unbranched alkanes of at least 4 members (excludes halogenated alkanes) is 16. The molecule has 1 amide bonds. The summed E-state index contributed by atoms with van der Waals surface area (Å²) in [5.41, 5.74) is 0. The van der Waals surface area contributed by atoms with Gasteiger partial charge in [-0.1, -0.05) is 134 Å². The molecule has 7 unspecified atom stereocenters. The van der Waals surface area contributed by atoms with Crippen LogP contribution in [0.1, 0.15) is 149 Å². The Hall–Kier alpha value is -1.59. The number of aliphatic hydroxyl groups excluding tert-OH is 5. The molecule has 0 bridgehead atoms. The molecule has 0 saturated carbocycles. The summed E-state index contributed by atoms with van der Waals surface area (Å²) in [6, 6.07) is -0.820. The highest BCUT2D eigenvalue weighted by Gasteiger charge is 2.44. The van der Waals surface area contributed by atoms with Crippen molar-refractivity contribution in [2.24, 2.45) is 0 Å². The van der Waals surface area contributed by atoms with Crippen molar-refractivity contribution < 1.29 is 39.8 Å². The van der Waals surface area contributed by atoms with Crippen molar-refractivity contribution >= 4 is 5.91 Å². The second-order valence-electron chi connectivity index (χ2n) is 13.4. The van der Waals surface area contributed by atoms with E-state index in [4.69, 9.17) is 9.47 Å². The Bertz CT molecular complexity index is 848. The van der Waals surface area contributed by atoms with E-state index < -0.39 is 49.5 Å². The van der Waals surface area contributed by atoms with Gasteiger partial charge in [0.1, 0.15) is 24.4 Å². The van der Waals surface area contributed by atoms with Crippen molar-refractivity contribution in [2.75, 3.05) is 13.2 Å². The summed E-state index contributed by atoms with van der Waals surface area (Å²) in [5.74, 6) is -0.211. The minimum atomic E-state index is -1.57. The molecule has 1 aliphatic heterocycles. The third-order valence-corrected chi connectivity index (χ3v) is 8.95. The van der Waals surface area contributed by atoms with Crippen LogP contribution in [0.2, 0.25) is 0 Å². The summed E-state index contributed by atoms with van der Waals surface area (Å²) in [5, 5.41) is 53.5. The van der Waals surface area contributed by atoms with Crippen molar-refractivity contribution in [3.05, 3.63) is 36.5 Å². The predicted molar refractivity (Wildman–Crippen MR) is 193 cm³/mol. The lowest BCUT2D eigenvalue weighted by Crippen LogP contribution is -2.60. The van der Waals surface area contributed by atoms with Gasteiger partial charge in [-0.3, -0.25) is 4.79 Å². The first-order valence-electron chi connectivity index (χ1n) is 19.2. The molecule has 1 heterocycles. The van der Waals surface area contributed by atoms with Crippen LogP contribution in [0.15, 0.2) is 36.5 Å². The van der Waals surface area contributed by atoms with Crippen molar-refractivity contribution in [3.8, 4) is 0 Å². The first-order chi connectivity index (χ1) is 23.3. The maximum absolute atomic E-state index is 12.6. The SMILES string of the molecule is CCCCCCCCCCCCC/C=C/CC/C=C/CC/C=C/C(O)C(COC1OC(CO)C(O)C(O)C1O)NC(=O)CCCCCC. The van der Waals surface area contributed by atoms with Gasteiger partial charge < -0.3 is 40.3 Å². The van der Waals surface area contributed by atoms with Crippen molar-refractivity contribution in [2.45, 2.75) is 192 Å². The molecule has 0 aromatic carbocycles. The van der Waals surface area contributed by atoms with Crippen LogP contribution in [0.4, 0.5) is 0 Å². The topological polar surface area (TPSA) is 149 Å². The molecule has 6 N–H and O–H groups in total. The minimum absolute atomic E-state index is 0.207. The number of aliphatic hydroxyl groups is 5. The molecule has 0 aliphatic carbocycles. The summed E-state index contributed by atoms with van der Waals surface area (Å²) < 4.78 is 11.1. The highest BCUT2D eigenvalue weighted by molar-refractivity contribution is 5.76. The third-order valence-electron chi connectivity index (χ3n) is 8.95. The molecule has 48 heavy (non-hydrogen) atoms.